The van der Waals surface area contributed by atoms with Gasteiger partial charge in [-0.2, -0.15) is 5.10 Å². The third-order valence-corrected chi connectivity index (χ3v) is 5.03. The average Bonchev–Trinajstić information content (AvgIpc) is 2.60. The van der Waals surface area contributed by atoms with Crippen LogP contribution >= 0.6 is 11.6 Å². The second-order valence-electron chi connectivity index (χ2n) is 6.62. The lowest BCUT2D eigenvalue weighted by atomic mass is 10.0. The van der Waals surface area contributed by atoms with Crippen molar-refractivity contribution in [2.45, 2.75) is 76.5 Å². The van der Waals surface area contributed by atoms with Gasteiger partial charge in [-0.05, 0) is 25.7 Å². The molecule has 0 bridgehead atoms. The molecule has 132 valence electrons. The molecule has 0 spiro atoms. The lowest BCUT2D eigenvalue weighted by Gasteiger charge is -2.10. The minimum atomic E-state index is 0.282. The van der Waals surface area contributed by atoms with Crippen LogP contribution in [0.4, 0.5) is 5.82 Å². The van der Waals surface area contributed by atoms with Crippen LogP contribution in [-0.2, 0) is 6.42 Å². The molecule has 1 heterocycles. The second kappa shape index (κ2) is 10.5. The molecule has 1 aromatic carbocycles. The normalized spacial score (nSPS) is 12.6. The van der Waals surface area contributed by atoms with Gasteiger partial charge in [0, 0.05) is 16.1 Å². The highest BCUT2D eigenvalue weighted by molar-refractivity contribution is 6.20. The van der Waals surface area contributed by atoms with Crippen molar-refractivity contribution in [2.24, 2.45) is 0 Å². The summed E-state index contributed by atoms with van der Waals surface area (Å²) in [5.41, 5.74) is 6.94. The maximum atomic E-state index is 6.47. The Morgan fingerprint density at radius 3 is 2.38 bits per heavy atom. The number of alkyl halides is 1. The van der Waals surface area contributed by atoms with E-state index < -0.39 is 0 Å². The quantitative estimate of drug-likeness (QED) is 0.407. The molecule has 1 atom stereocenters. The standard InChI is InChI=1S/C20H30ClN3/c1-2-3-4-5-6-7-11-16(21)12-10-15-19-17-13-8-9-14-18(17)20(22)24-23-19/h8-9,13-14,16H,2-7,10-12,15H2,1H3,(H2,22,24). The molecule has 0 saturated carbocycles. The predicted octanol–water partition coefficient (Wildman–Crippen LogP) is 5.89. The van der Waals surface area contributed by atoms with Gasteiger partial charge in [0.05, 0.1) is 5.69 Å². The molecular weight excluding hydrogens is 318 g/mol. The predicted molar refractivity (Wildman–Crippen MR) is 105 cm³/mol. The first kappa shape index (κ1) is 19.0. The number of rotatable bonds is 11. The highest BCUT2D eigenvalue weighted by Crippen LogP contribution is 2.23. The van der Waals surface area contributed by atoms with Gasteiger partial charge in [-0.1, -0.05) is 69.7 Å². The smallest absolute Gasteiger partial charge is 0.153 e. The fourth-order valence-electron chi connectivity index (χ4n) is 3.15. The number of nitrogens with two attached hydrogens (primary N) is 1. The van der Waals surface area contributed by atoms with Crippen LogP contribution in [0.3, 0.4) is 0 Å². The van der Waals surface area contributed by atoms with Gasteiger partial charge in [-0.25, -0.2) is 0 Å². The number of aromatic nitrogens is 2. The van der Waals surface area contributed by atoms with Gasteiger partial charge in [0.1, 0.15) is 0 Å². The van der Waals surface area contributed by atoms with E-state index in [9.17, 15) is 0 Å². The molecule has 24 heavy (non-hydrogen) atoms. The lowest BCUT2D eigenvalue weighted by Crippen LogP contribution is -2.03. The molecule has 0 aliphatic rings. The molecule has 2 rings (SSSR count). The zero-order valence-electron chi connectivity index (χ0n) is 14.8. The molecule has 1 unspecified atom stereocenters. The number of hydrogen-bond acceptors (Lipinski definition) is 3. The summed E-state index contributed by atoms with van der Waals surface area (Å²) in [6, 6.07) is 8.09. The van der Waals surface area contributed by atoms with E-state index in [0.717, 1.165) is 42.1 Å². The van der Waals surface area contributed by atoms with Crippen LogP contribution in [0.2, 0.25) is 0 Å². The molecule has 2 N–H and O–H groups in total. The zero-order valence-corrected chi connectivity index (χ0v) is 15.6. The number of halogens is 1. The number of unbranched alkanes of at least 4 members (excludes halogenated alkanes) is 5. The first-order chi connectivity index (χ1) is 11.7. The summed E-state index contributed by atoms with van der Waals surface area (Å²) < 4.78 is 0. The summed E-state index contributed by atoms with van der Waals surface area (Å²) in [6.07, 6.45) is 12.1. The maximum absolute atomic E-state index is 6.47. The number of nitrogens with zero attached hydrogens (tertiary/aromatic N) is 2. The number of benzene rings is 1. The minimum absolute atomic E-state index is 0.282. The number of hydrogen-bond donors (Lipinski definition) is 1. The zero-order chi connectivity index (χ0) is 17.2. The highest BCUT2D eigenvalue weighted by atomic mass is 35.5. The Morgan fingerprint density at radius 2 is 1.58 bits per heavy atom. The lowest BCUT2D eigenvalue weighted by molar-refractivity contribution is 0.559. The van der Waals surface area contributed by atoms with Gasteiger partial charge in [-0.3, -0.25) is 0 Å². The fourth-order valence-corrected chi connectivity index (χ4v) is 3.45. The molecule has 0 saturated heterocycles. The topological polar surface area (TPSA) is 51.8 Å². The van der Waals surface area contributed by atoms with Gasteiger partial charge in [0.15, 0.2) is 5.82 Å². The van der Waals surface area contributed by atoms with Gasteiger partial charge < -0.3 is 5.73 Å². The summed E-state index contributed by atoms with van der Waals surface area (Å²) in [7, 11) is 0. The van der Waals surface area contributed by atoms with Crippen molar-refractivity contribution in [3.05, 3.63) is 30.0 Å². The van der Waals surface area contributed by atoms with E-state index in [0.29, 0.717) is 5.82 Å². The van der Waals surface area contributed by atoms with E-state index in [4.69, 9.17) is 17.3 Å². The number of aryl methyl sites for hydroxylation is 1. The Labute approximate surface area is 151 Å². The Morgan fingerprint density at radius 1 is 0.917 bits per heavy atom. The van der Waals surface area contributed by atoms with Gasteiger partial charge >= 0.3 is 0 Å². The minimum Gasteiger partial charge on any atom is -0.382 e. The molecule has 4 heteroatoms. The molecule has 2 aromatic rings. The molecule has 0 amide bonds. The van der Waals surface area contributed by atoms with Crippen molar-refractivity contribution in [1.82, 2.24) is 10.2 Å². The molecule has 3 nitrogen and oxygen atoms in total. The van der Waals surface area contributed by atoms with E-state index in [1.54, 1.807) is 0 Å². The first-order valence-corrected chi connectivity index (χ1v) is 9.80. The molecule has 0 aliphatic carbocycles. The van der Waals surface area contributed by atoms with Crippen LogP contribution in [0, 0.1) is 0 Å². The van der Waals surface area contributed by atoms with Gasteiger partial charge in [0.25, 0.3) is 0 Å². The van der Waals surface area contributed by atoms with Gasteiger partial charge in [0.2, 0.25) is 0 Å². The Bertz CT molecular complexity index is 615. The monoisotopic (exact) mass is 347 g/mol. The summed E-state index contributed by atoms with van der Waals surface area (Å²) in [4.78, 5) is 0. The Balaban J connectivity index is 1.71. The summed E-state index contributed by atoms with van der Waals surface area (Å²) in [6.45, 7) is 2.25. The summed E-state index contributed by atoms with van der Waals surface area (Å²) >= 11 is 6.47. The summed E-state index contributed by atoms with van der Waals surface area (Å²) in [5.74, 6) is 0.507. The molecular formula is C20H30ClN3. The van der Waals surface area contributed by atoms with Crippen molar-refractivity contribution in [2.75, 3.05) is 5.73 Å². The third kappa shape index (κ3) is 5.94. The second-order valence-corrected chi connectivity index (χ2v) is 7.24. The number of fused-ring (bicyclic) bond motifs is 1. The van der Waals surface area contributed by atoms with Crippen LogP contribution in [0.5, 0.6) is 0 Å². The van der Waals surface area contributed by atoms with Crippen molar-refractivity contribution in [1.29, 1.82) is 0 Å². The molecule has 0 aliphatic heterocycles. The van der Waals surface area contributed by atoms with Crippen LogP contribution in [-0.4, -0.2) is 15.6 Å². The SMILES string of the molecule is CCCCCCCCC(Cl)CCCc1nnc(N)c2ccccc12. The molecule has 1 aromatic heterocycles. The number of anilines is 1. The Kier molecular flexibility index (Phi) is 8.31. The average molecular weight is 348 g/mol. The van der Waals surface area contributed by atoms with Crippen molar-refractivity contribution < 1.29 is 0 Å². The van der Waals surface area contributed by atoms with E-state index >= 15 is 0 Å². The first-order valence-electron chi connectivity index (χ1n) is 9.36. The van der Waals surface area contributed by atoms with E-state index in [1.807, 2.05) is 18.2 Å². The van der Waals surface area contributed by atoms with Gasteiger partial charge in [-0.15, -0.1) is 16.7 Å². The maximum Gasteiger partial charge on any atom is 0.153 e. The van der Waals surface area contributed by atoms with Crippen LogP contribution in [0.1, 0.15) is 70.4 Å². The largest absolute Gasteiger partial charge is 0.382 e. The number of nitrogen functional groups attached to an aromatic ring is 1. The van der Waals surface area contributed by atoms with Crippen molar-refractivity contribution in [3.63, 3.8) is 0 Å². The molecule has 0 fully saturated rings. The fraction of sp³-hybridized carbons (Fsp3) is 0.600. The van der Waals surface area contributed by atoms with E-state index in [2.05, 4.69) is 23.2 Å². The highest BCUT2D eigenvalue weighted by Gasteiger charge is 2.09. The van der Waals surface area contributed by atoms with Crippen molar-refractivity contribution in [3.8, 4) is 0 Å². The van der Waals surface area contributed by atoms with E-state index in [1.165, 1.54) is 38.5 Å². The van der Waals surface area contributed by atoms with E-state index in [-0.39, 0.29) is 5.38 Å². The van der Waals surface area contributed by atoms with Crippen LogP contribution in [0.15, 0.2) is 24.3 Å². The van der Waals surface area contributed by atoms with Crippen LogP contribution in [0.25, 0.3) is 10.8 Å². The van der Waals surface area contributed by atoms with Crippen molar-refractivity contribution >= 4 is 28.2 Å². The Hall–Kier alpha value is -1.35. The summed E-state index contributed by atoms with van der Waals surface area (Å²) in [5, 5.41) is 10.8. The third-order valence-electron chi connectivity index (χ3n) is 4.59. The molecule has 0 radical (unpaired) electrons. The van der Waals surface area contributed by atoms with Crippen LogP contribution < -0.4 is 5.73 Å².